The van der Waals surface area contributed by atoms with Crippen molar-refractivity contribution < 1.29 is 13.4 Å². The Labute approximate surface area is 305 Å². The first-order valence-corrected chi connectivity index (χ1v) is 24.8. The lowest BCUT2D eigenvalue weighted by Gasteiger charge is -2.46. The van der Waals surface area contributed by atoms with E-state index in [1.54, 1.807) is 12.4 Å². The molecule has 1 fully saturated rings. The maximum atomic E-state index is 13.5. The summed E-state index contributed by atoms with van der Waals surface area (Å²) in [5.74, 6) is 0.915. The first-order valence-electron chi connectivity index (χ1n) is 17.8. The van der Waals surface area contributed by atoms with Crippen molar-refractivity contribution >= 4 is 38.9 Å². The van der Waals surface area contributed by atoms with E-state index >= 15 is 0 Å². The third-order valence-corrected chi connectivity index (χ3v) is 21.5. The van der Waals surface area contributed by atoms with E-state index in [1.165, 1.54) is 0 Å². The molecule has 12 heteroatoms. The summed E-state index contributed by atoms with van der Waals surface area (Å²) in [4.78, 5) is 14.6. The molecule has 1 aliphatic carbocycles. The Kier molecular flexibility index (Phi) is 11.0. The Bertz CT molecular complexity index is 1790. The predicted molar refractivity (Wildman–Crippen MR) is 210 cm³/mol. The zero-order valence-electron chi connectivity index (χ0n) is 32.4. The Morgan fingerprint density at radius 3 is 2.22 bits per heavy atom. The molecule has 1 saturated carbocycles. The second-order valence-corrected chi connectivity index (χ2v) is 29.5. The summed E-state index contributed by atoms with van der Waals surface area (Å²) >= 11 is -1.26. The van der Waals surface area contributed by atoms with E-state index in [0.717, 1.165) is 46.4 Å². The highest BCUT2D eigenvalue weighted by molar-refractivity contribution is 7.90. The van der Waals surface area contributed by atoms with Crippen molar-refractivity contribution in [2.45, 2.75) is 135 Å². The third kappa shape index (κ3) is 8.59. The van der Waals surface area contributed by atoms with Gasteiger partial charge in [0.25, 0.3) is 0 Å². The van der Waals surface area contributed by atoms with Crippen LogP contribution < -0.4 is 4.72 Å². The van der Waals surface area contributed by atoms with Crippen LogP contribution in [0.1, 0.15) is 92.6 Å². The van der Waals surface area contributed by atoms with Crippen molar-refractivity contribution in [2.75, 3.05) is 0 Å². The predicted octanol–water partition coefficient (Wildman–Crippen LogP) is 9.29. The Morgan fingerprint density at radius 2 is 1.58 bits per heavy atom. The average Bonchev–Trinajstić information content (AvgIpc) is 3.43. The lowest BCUT2D eigenvalue weighted by molar-refractivity contribution is 0.0365. The van der Waals surface area contributed by atoms with Crippen molar-refractivity contribution in [3.8, 4) is 17.1 Å². The molecular formula is C38H58N6O3SSi2. The van der Waals surface area contributed by atoms with Gasteiger partial charge in [0.15, 0.2) is 22.5 Å². The van der Waals surface area contributed by atoms with Crippen molar-refractivity contribution in [2.24, 2.45) is 5.92 Å². The number of benzene rings is 1. The molecule has 0 radical (unpaired) electrons. The van der Waals surface area contributed by atoms with Gasteiger partial charge in [-0.25, -0.2) is 9.67 Å². The molecule has 0 aliphatic heterocycles. The van der Waals surface area contributed by atoms with Gasteiger partial charge >= 0.3 is 0 Å². The van der Waals surface area contributed by atoms with Crippen LogP contribution in [0.2, 0.25) is 36.3 Å². The van der Waals surface area contributed by atoms with Crippen LogP contribution in [0.15, 0.2) is 55.0 Å². The molecule has 0 spiro atoms. The highest BCUT2D eigenvalue weighted by Crippen LogP contribution is 2.45. The SMILES string of the molecule is CC(C)(C)[S+]([O-])NC(c1cccc(-c2ccc3cnn(-c4cncc(CO[Si](C)(C)C(C)(C)C)n4)c3c2)n1)C1CC(O[Si](C)(C)C(C)(C)C)C1. The highest BCUT2D eigenvalue weighted by atomic mass is 32.2. The van der Waals surface area contributed by atoms with Gasteiger partial charge in [-0.15, -0.1) is 4.72 Å². The number of aromatic nitrogens is 5. The molecule has 1 aliphatic rings. The fourth-order valence-electron chi connectivity index (χ4n) is 5.44. The van der Waals surface area contributed by atoms with Crippen LogP contribution in [0.5, 0.6) is 0 Å². The molecular weight excluding hydrogens is 677 g/mol. The van der Waals surface area contributed by atoms with Gasteiger partial charge < -0.3 is 13.4 Å². The molecule has 0 bridgehead atoms. The van der Waals surface area contributed by atoms with Gasteiger partial charge in [-0.2, -0.15) is 5.10 Å². The number of hydrogen-bond donors (Lipinski definition) is 1. The molecule has 1 aromatic carbocycles. The second-order valence-electron chi connectivity index (χ2n) is 17.9. The van der Waals surface area contributed by atoms with Crippen LogP contribution in [-0.4, -0.2) is 56.8 Å². The van der Waals surface area contributed by atoms with Crippen molar-refractivity contribution in [3.05, 3.63) is 66.4 Å². The number of fused-ring (bicyclic) bond motifs is 1. The molecule has 2 unspecified atom stereocenters. The maximum Gasteiger partial charge on any atom is 0.192 e. The molecule has 1 N–H and O–H groups in total. The molecule has 2 atom stereocenters. The summed E-state index contributed by atoms with van der Waals surface area (Å²) in [7, 11) is -3.82. The quantitative estimate of drug-likeness (QED) is 0.120. The van der Waals surface area contributed by atoms with Crippen molar-refractivity contribution in [1.29, 1.82) is 0 Å². The van der Waals surface area contributed by atoms with Crippen molar-refractivity contribution in [1.82, 2.24) is 29.5 Å². The lowest BCUT2D eigenvalue weighted by atomic mass is 9.76. The zero-order valence-corrected chi connectivity index (χ0v) is 35.2. The summed E-state index contributed by atoms with van der Waals surface area (Å²) in [6, 6.07) is 12.2. The highest BCUT2D eigenvalue weighted by Gasteiger charge is 2.46. The molecule has 272 valence electrons. The summed E-state index contributed by atoms with van der Waals surface area (Å²) < 4.78 is 31.5. The summed E-state index contributed by atoms with van der Waals surface area (Å²) in [6.07, 6.45) is 7.42. The van der Waals surface area contributed by atoms with Gasteiger partial charge in [0.1, 0.15) is 4.75 Å². The van der Waals surface area contributed by atoms with E-state index in [1.807, 2.05) is 43.8 Å². The van der Waals surface area contributed by atoms with Gasteiger partial charge in [-0.3, -0.25) is 9.97 Å². The van der Waals surface area contributed by atoms with Gasteiger partial charge in [0.05, 0.1) is 53.8 Å². The Balaban J connectivity index is 1.41. The van der Waals surface area contributed by atoms with Crippen LogP contribution in [0.4, 0.5) is 0 Å². The molecule has 0 saturated heterocycles. The first-order chi connectivity index (χ1) is 23.1. The van der Waals surface area contributed by atoms with Crippen LogP contribution in [-0.2, 0) is 26.8 Å². The normalized spacial score (nSPS) is 19.0. The van der Waals surface area contributed by atoms with E-state index in [4.69, 9.17) is 18.8 Å². The summed E-state index contributed by atoms with van der Waals surface area (Å²) in [5, 5.41) is 5.95. The van der Waals surface area contributed by atoms with Crippen LogP contribution in [0.25, 0.3) is 28.0 Å². The van der Waals surface area contributed by atoms with E-state index in [-0.39, 0.29) is 28.1 Å². The van der Waals surface area contributed by atoms with Crippen LogP contribution >= 0.6 is 0 Å². The minimum atomic E-state index is -1.94. The molecule has 4 aromatic rings. The smallest absolute Gasteiger partial charge is 0.192 e. The average molecular weight is 735 g/mol. The lowest BCUT2D eigenvalue weighted by Crippen LogP contribution is -2.51. The van der Waals surface area contributed by atoms with E-state index in [2.05, 4.69) is 107 Å². The molecule has 3 heterocycles. The second kappa shape index (κ2) is 14.2. The van der Waals surface area contributed by atoms with E-state index in [9.17, 15) is 4.55 Å². The zero-order chi connectivity index (χ0) is 36.9. The standard InChI is InChI=1S/C38H58N6O3SSi2/c1-36(2,3)48(45)43-35(28-19-30(20-28)47-50(12,13)38(7,8)9)32-16-14-15-31(42-32)26-17-18-27-22-40-44(33(27)21-26)34-24-39-23-29(41-34)25-46-49(10,11)37(4,5)6/h14-18,21-24,28,30,35,43H,19-20,25H2,1-13H3. The third-order valence-electron chi connectivity index (χ3n) is 10.9. The minimum absolute atomic E-state index is 0.108. The number of rotatable bonds is 11. The van der Waals surface area contributed by atoms with Crippen molar-refractivity contribution in [3.63, 3.8) is 0 Å². The molecule has 5 rings (SSSR count). The number of nitrogens with zero attached hydrogens (tertiary/aromatic N) is 5. The Morgan fingerprint density at radius 1 is 0.900 bits per heavy atom. The monoisotopic (exact) mass is 734 g/mol. The number of pyridine rings is 1. The van der Waals surface area contributed by atoms with Crippen LogP contribution in [0, 0.1) is 5.92 Å². The topological polar surface area (TPSA) is 110 Å². The maximum absolute atomic E-state index is 13.5. The Hall–Kier alpha value is -2.46. The number of hydrogen-bond acceptors (Lipinski definition) is 8. The van der Waals surface area contributed by atoms with E-state index in [0.29, 0.717) is 12.4 Å². The molecule has 3 aromatic heterocycles. The first kappa shape index (κ1) is 38.8. The number of nitrogens with one attached hydrogen (secondary N) is 1. The fraction of sp³-hybridized carbons (Fsp3) is 0.579. The summed E-state index contributed by atoms with van der Waals surface area (Å²) in [6.45, 7) is 29.1. The fourth-order valence-corrected chi connectivity index (χ4v) is 8.66. The van der Waals surface area contributed by atoms with Gasteiger partial charge in [-0.1, -0.05) is 59.7 Å². The minimum Gasteiger partial charge on any atom is -0.598 e. The van der Waals surface area contributed by atoms with Gasteiger partial charge in [0, 0.05) is 28.4 Å². The van der Waals surface area contributed by atoms with E-state index < -0.39 is 32.7 Å². The van der Waals surface area contributed by atoms with Gasteiger partial charge in [0.2, 0.25) is 0 Å². The van der Waals surface area contributed by atoms with Gasteiger partial charge in [-0.05, 0) is 94.0 Å². The molecule has 50 heavy (non-hydrogen) atoms. The molecule has 0 amide bonds. The largest absolute Gasteiger partial charge is 0.598 e. The summed E-state index contributed by atoms with van der Waals surface area (Å²) in [5.41, 5.74) is 4.40. The van der Waals surface area contributed by atoms with Crippen LogP contribution in [0.3, 0.4) is 0 Å². The molecule has 9 nitrogen and oxygen atoms in total.